The fourth-order valence-corrected chi connectivity index (χ4v) is 3.78. The van der Waals surface area contributed by atoms with E-state index in [1.165, 1.54) is 35.6 Å². The topological polar surface area (TPSA) is 128 Å². The first-order chi connectivity index (χ1) is 12.3. The molecule has 1 atom stereocenters. The molecule has 0 radical (unpaired) electrons. The Labute approximate surface area is 157 Å². The summed E-state index contributed by atoms with van der Waals surface area (Å²) in [6, 6.07) is 9.34. The van der Waals surface area contributed by atoms with Gasteiger partial charge in [0.15, 0.2) is 0 Å². The van der Waals surface area contributed by atoms with Gasteiger partial charge in [-0.2, -0.15) is 0 Å². The maximum Gasteiger partial charge on any atom is 0.277 e. The fraction of sp³-hybridized carbons (Fsp3) is 0.133. The van der Waals surface area contributed by atoms with E-state index in [9.17, 15) is 13.2 Å². The molecule has 3 rings (SSSR count). The number of hydrogen-bond donors (Lipinski definition) is 2. The summed E-state index contributed by atoms with van der Waals surface area (Å²) >= 11 is 2.62. The minimum Gasteiger partial charge on any atom is -0.410 e. The van der Waals surface area contributed by atoms with Crippen LogP contribution in [0, 0.1) is 0 Å². The number of thiophene rings is 1. The second-order valence-corrected chi connectivity index (χ2v) is 8.97. The number of nitrogens with one attached hydrogen (secondary N) is 1. The van der Waals surface area contributed by atoms with Gasteiger partial charge in [-0.05, 0) is 42.6 Å². The minimum absolute atomic E-state index is 0.0233. The molecule has 2 heterocycles. The number of anilines is 1. The van der Waals surface area contributed by atoms with Crippen molar-refractivity contribution in [2.45, 2.75) is 22.3 Å². The summed E-state index contributed by atoms with van der Waals surface area (Å²) in [6.45, 7) is 1.70. The first-order valence-electron chi connectivity index (χ1n) is 7.31. The van der Waals surface area contributed by atoms with Crippen LogP contribution in [0.15, 0.2) is 56.3 Å². The molecule has 26 heavy (non-hydrogen) atoms. The summed E-state index contributed by atoms with van der Waals surface area (Å²) < 4.78 is 28.0. The first-order valence-corrected chi connectivity index (χ1v) is 10.6. The van der Waals surface area contributed by atoms with Crippen LogP contribution in [-0.2, 0) is 14.8 Å². The third-order valence-corrected chi connectivity index (χ3v) is 5.96. The van der Waals surface area contributed by atoms with Crippen LogP contribution in [0.3, 0.4) is 0 Å². The molecule has 1 unspecified atom stereocenters. The van der Waals surface area contributed by atoms with Gasteiger partial charge >= 0.3 is 0 Å². The summed E-state index contributed by atoms with van der Waals surface area (Å²) in [5.41, 5.74) is 0.458. The molecule has 0 fully saturated rings. The number of primary sulfonamides is 1. The predicted octanol–water partition coefficient (Wildman–Crippen LogP) is 2.56. The lowest BCUT2D eigenvalue weighted by Gasteiger charge is -2.10. The molecule has 1 aromatic carbocycles. The van der Waals surface area contributed by atoms with Gasteiger partial charge in [0.05, 0.1) is 15.0 Å². The standard InChI is InChI=1S/C15H14N4O4S3/c1-9(25-15-19-18-14(23-15)12-3-2-8-24-12)13(20)17-10-4-6-11(7-5-10)26(16,21)22/h2-9H,1H3,(H,17,20)(H2,16,21,22). The number of aromatic nitrogens is 2. The number of carbonyl (C=O) groups excluding carboxylic acids is 1. The Hall–Kier alpha value is -2.21. The summed E-state index contributed by atoms with van der Waals surface area (Å²) in [7, 11) is -3.77. The van der Waals surface area contributed by atoms with Crippen molar-refractivity contribution in [3.63, 3.8) is 0 Å². The molecular weight excluding hydrogens is 396 g/mol. The second-order valence-electron chi connectivity index (χ2n) is 5.17. The Kier molecular flexibility index (Phi) is 5.41. The Morgan fingerprint density at radius 1 is 1.27 bits per heavy atom. The van der Waals surface area contributed by atoms with Crippen molar-refractivity contribution in [1.29, 1.82) is 0 Å². The molecule has 136 valence electrons. The number of hydrogen-bond acceptors (Lipinski definition) is 8. The van der Waals surface area contributed by atoms with E-state index in [0.717, 1.165) is 16.6 Å². The number of amides is 1. The van der Waals surface area contributed by atoms with E-state index in [1.54, 1.807) is 6.92 Å². The van der Waals surface area contributed by atoms with E-state index in [0.29, 0.717) is 16.8 Å². The number of thioether (sulfide) groups is 1. The van der Waals surface area contributed by atoms with Gasteiger partial charge in [-0.15, -0.1) is 21.5 Å². The summed E-state index contributed by atoms with van der Waals surface area (Å²) in [6.07, 6.45) is 0. The SMILES string of the molecule is CC(Sc1nnc(-c2cccs2)o1)C(=O)Nc1ccc(S(N)(=O)=O)cc1. The Bertz CT molecular complexity index is 998. The van der Waals surface area contributed by atoms with Crippen molar-refractivity contribution in [2.24, 2.45) is 5.14 Å². The molecule has 3 N–H and O–H groups in total. The van der Waals surface area contributed by atoms with Crippen LogP contribution in [0.1, 0.15) is 6.92 Å². The molecule has 1 amide bonds. The zero-order valence-electron chi connectivity index (χ0n) is 13.4. The van der Waals surface area contributed by atoms with E-state index in [2.05, 4.69) is 15.5 Å². The zero-order chi connectivity index (χ0) is 18.7. The predicted molar refractivity (Wildman–Crippen MR) is 99.4 cm³/mol. The lowest BCUT2D eigenvalue weighted by molar-refractivity contribution is -0.115. The molecule has 0 spiro atoms. The normalized spacial score (nSPS) is 12.7. The highest BCUT2D eigenvalue weighted by atomic mass is 32.2. The van der Waals surface area contributed by atoms with Gasteiger partial charge in [0.25, 0.3) is 11.1 Å². The van der Waals surface area contributed by atoms with E-state index < -0.39 is 15.3 Å². The Morgan fingerprint density at radius 3 is 2.62 bits per heavy atom. The Morgan fingerprint density at radius 2 is 2.00 bits per heavy atom. The monoisotopic (exact) mass is 410 g/mol. The van der Waals surface area contributed by atoms with Gasteiger partial charge in [-0.1, -0.05) is 17.8 Å². The first kappa shape index (κ1) is 18.6. The number of sulfonamides is 1. The molecular formula is C15H14N4O4S3. The highest BCUT2D eigenvalue weighted by Gasteiger charge is 2.19. The van der Waals surface area contributed by atoms with Crippen LogP contribution in [-0.4, -0.2) is 29.8 Å². The quantitative estimate of drug-likeness (QED) is 0.598. The van der Waals surface area contributed by atoms with Crippen LogP contribution >= 0.6 is 23.1 Å². The lowest BCUT2D eigenvalue weighted by atomic mass is 10.3. The number of nitrogens with two attached hydrogens (primary N) is 1. The third-order valence-electron chi connectivity index (χ3n) is 3.24. The molecule has 0 aliphatic carbocycles. The van der Waals surface area contributed by atoms with Crippen LogP contribution in [0.4, 0.5) is 5.69 Å². The number of carbonyl (C=O) groups is 1. The molecule has 0 saturated heterocycles. The highest BCUT2D eigenvalue weighted by Crippen LogP contribution is 2.28. The molecule has 3 aromatic rings. The van der Waals surface area contributed by atoms with Crippen molar-refractivity contribution in [3.8, 4) is 10.8 Å². The molecule has 0 saturated carbocycles. The third kappa shape index (κ3) is 4.49. The molecule has 2 aromatic heterocycles. The van der Waals surface area contributed by atoms with Gasteiger partial charge in [0, 0.05) is 5.69 Å². The molecule has 8 nitrogen and oxygen atoms in total. The van der Waals surface area contributed by atoms with Crippen molar-refractivity contribution in [3.05, 3.63) is 41.8 Å². The fourth-order valence-electron chi connectivity index (χ4n) is 1.93. The number of benzene rings is 1. The average Bonchev–Trinajstić information content (AvgIpc) is 3.25. The van der Waals surface area contributed by atoms with Crippen LogP contribution in [0.5, 0.6) is 0 Å². The lowest BCUT2D eigenvalue weighted by Crippen LogP contribution is -2.22. The van der Waals surface area contributed by atoms with Crippen molar-refractivity contribution >= 4 is 44.7 Å². The second kappa shape index (κ2) is 7.58. The van der Waals surface area contributed by atoms with E-state index >= 15 is 0 Å². The van der Waals surface area contributed by atoms with Crippen LogP contribution in [0.2, 0.25) is 0 Å². The molecule has 0 aliphatic heterocycles. The summed E-state index contributed by atoms with van der Waals surface area (Å²) in [4.78, 5) is 13.1. The maximum atomic E-state index is 12.3. The van der Waals surface area contributed by atoms with Crippen LogP contribution in [0.25, 0.3) is 10.8 Å². The van der Waals surface area contributed by atoms with Gasteiger partial charge < -0.3 is 9.73 Å². The maximum absolute atomic E-state index is 12.3. The largest absolute Gasteiger partial charge is 0.410 e. The van der Waals surface area contributed by atoms with Crippen molar-refractivity contribution < 1.29 is 17.6 Å². The average molecular weight is 411 g/mol. The molecule has 0 aliphatic rings. The van der Waals surface area contributed by atoms with E-state index in [4.69, 9.17) is 9.56 Å². The van der Waals surface area contributed by atoms with Crippen molar-refractivity contribution in [1.82, 2.24) is 10.2 Å². The van der Waals surface area contributed by atoms with E-state index in [-0.39, 0.29) is 10.8 Å². The van der Waals surface area contributed by atoms with Gasteiger partial charge in [0.1, 0.15) is 0 Å². The smallest absolute Gasteiger partial charge is 0.277 e. The molecule has 0 bridgehead atoms. The minimum atomic E-state index is -3.77. The highest BCUT2D eigenvalue weighted by molar-refractivity contribution is 8.00. The van der Waals surface area contributed by atoms with Crippen LogP contribution < -0.4 is 10.5 Å². The van der Waals surface area contributed by atoms with Gasteiger partial charge in [-0.25, -0.2) is 13.6 Å². The number of nitrogens with zero attached hydrogens (tertiary/aromatic N) is 2. The van der Waals surface area contributed by atoms with Gasteiger partial charge in [-0.3, -0.25) is 4.79 Å². The zero-order valence-corrected chi connectivity index (χ0v) is 15.9. The summed E-state index contributed by atoms with van der Waals surface area (Å²) in [5.74, 6) is 0.128. The van der Waals surface area contributed by atoms with Crippen molar-refractivity contribution in [2.75, 3.05) is 5.32 Å². The van der Waals surface area contributed by atoms with E-state index in [1.807, 2.05) is 17.5 Å². The summed E-state index contributed by atoms with van der Waals surface area (Å²) in [5, 5.41) is 17.3. The number of rotatable bonds is 6. The molecule has 11 heteroatoms. The van der Waals surface area contributed by atoms with Gasteiger partial charge in [0.2, 0.25) is 15.9 Å². The Balaban J connectivity index is 1.61.